The number of aliphatic imine (C=N–C) groups is 1. The van der Waals surface area contributed by atoms with E-state index in [0.29, 0.717) is 5.76 Å². The third-order valence-corrected chi connectivity index (χ3v) is 5.98. The fourth-order valence-electron chi connectivity index (χ4n) is 4.39. The van der Waals surface area contributed by atoms with Gasteiger partial charge in [-0.15, -0.1) is 0 Å². The maximum absolute atomic E-state index is 12.8. The van der Waals surface area contributed by atoms with Gasteiger partial charge in [0.05, 0.1) is 5.92 Å². The molecular weight excluding hydrogens is 354 g/mol. The van der Waals surface area contributed by atoms with E-state index in [-0.39, 0.29) is 29.4 Å². The molecule has 2 fully saturated rings. The number of nitrogens with zero attached hydrogens (tertiary/aromatic N) is 1. The highest BCUT2D eigenvalue weighted by Gasteiger charge is 2.35. The highest BCUT2D eigenvalue weighted by atomic mass is 16.6. The summed E-state index contributed by atoms with van der Waals surface area (Å²) < 4.78 is 11.3. The molecule has 1 aromatic carbocycles. The van der Waals surface area contributed by atoms with E-state index < -0.39 is 5.97 Å². The Morgan fingerprint density at radius 3 is 2.14 bits per heavy atom. The smallest absolute Gasteiger partial charge is 0.367 e. The molecule has 0 aromatic heterocycles. The number of ether oxygens (including phenoxy) is 2. The number of carbonyl (C=O) groups is 2. The summed E-state index contributed by atoms with van der Waals surface area (Å²) in [4.78, 5) is 29.9. The Labute approximate surface area is 165 Å². The first-order valence-corrected chi connectivity index (χ1v) is 10.5. The predicted molar refractivity (Wildman–Crippen MR) is 105 cm³/mol. The maximum Gasteiger partial charge on any atom is 0.367 e. The Bertz CT molecular complexity index is 784. The van der Waals surface area contributed by atoms with Gasteiger partial charge in [-0.2, -0.15) is 0 Å². The molecule has 3 aliphatic rings. The molecule has 5 heteroatoms. The van der Waals surface area contributed by atoms with E-state index in [4.69, 9.17) is 9.47 Å². The van der Waals surface area contributed by atoms with Crippen LogP contribution in [0.15, 0.2) is 46.8 Å². The molecule has 0 spiro atoms. The predicted octanol–water partition coefficient (Wildman–Crippen LogP) is 4.91. The van der Waals surface area contributed by atoms with Crippen LogP contribution in [-0.2, 0) is 19.1 Å². The summed E-state index contributed by atoms with van der Waals surface area (Å²) in [6.45, 7) is 0. The SMILES string of the molecule is O=C1OC(c2ccccc2)=N/C1=C(/OC(=O)C1CCCCC1)C1CCCCC1. The van der Waals surface area contributed by atoms with Crippen LogP contribution in [0.1, 0.15) is 69.8 Å². The standard InChI is InChI=1S/C23H27NO4/c25-22(18-14-8-3-9-15-18)27-20(16-10-4-1-5-11-16)19-23(26)28-21(24-19)17-12-6-2-7-13-17/h2,6-7,12-13,16,18H,1,3-5,8-11,14-15H2/b20-19+. The van der Waals surface area contributed by atoms with Crippen LogP contribution >= 0.6 is 0 Å². The van der Waals surface area contributed by atoms with Crippen LogP contribution in [0.4, 0.5) is 0 Å². The molecule has 1 aromatic rings. The average Bonchev–Trinajstić information content (AvgIpc) is 3.15. The van der Waals surface area contributed by atoms with Gasteiger partial charge >= 0.3 is 11.9 Å². The van der Waals surface area contributed by atoms with Crippen LogP contribution in [-0.4, -0.2) is 17.8 Å². The van der Waals surface area contributed by atoms with Crippen molar-refractivity contribution < 1.29 is 19.1 Å². The lowest BCUT2D eigenvalue weighted by molar-refractivity contribution is -0.146. The number of benzene rings is 1. The summed E-state index contributed by atoms with van der Waals surface area (Å²) >= 11 is 0. The number of cyclic esters (lactones) is 1. The van der Waals surface area contributed by atoms with Crippen LogP contribution in [0.25, 0.3) is 0 Å². The van der Waals surface area contributed by atoms with Gasteiger partial charge in [-0.05, 0) is 37.8 Å². The molecule has 5 nitrogen and oxygen atoms in total. The summed E-state index contributed by atoms with van der Waals surface area (Å²) in [6.07, 6.45) is 10.2. The zero-order valence-electron chi connectivity index (χ0n) is 16.2. The molecular formula is C23H27NO4. The van der Waals surface area contributed by atoms with Crippen molar-refractivity contribution in [3.8, 4) is 0 Å². The Balaban J connectivity index is 1.64. The zero-order chi connectivity index (χ0) is 19.3. The summed E-state index contributed by atoms with van der Waals surface area (Å²) in [5, 5.41) is 0. The van der Waals surface area contributed by atoms with Gasteiger partial charge in [0.2, 0.25) is 5.90 Å². The van der Waals surface area contributed by atoms with E-state index in [0.717, 1.165) is 56.9 Å². The molecule has 0 saturated heterocycles. The molecule has 0 bridgehead atoms. The van der Waals surface area contributed by atoms with E-state index in [1.165, 1.54) is 12.8 Å². The van der Waals surface area contributed by atoms with Crippen molar-refractivity contribution >= 4 is 17.8 Å². The van der Waals surface area contributed by atoms with Crippen LogP contribution in [0.2, 0.25) is 0 Å². The monoisotopic (exact) mass is 381 g/mol. The van der Waals surface area contributed by atoms with Crippen molar-refractivity contribution in [2.45, 2.75) is 64.2 Å². The van der Waals surface area contributed by atoms with Crippen LogP contribution < -0.4 is 0 Å². The lowest BCUT2D eigenvalue weighted by Crippen LogP contribution is -2.24. The second kappa shape index (κ2) is 8.72. The third-order valence-electron chi connectivity index (χ3n) is 5.98. The fourth-order valence-corrected chi connectivity index (χ4v) is 4.39. The number of hydrogen-bond donors (Lipinski definition) is 0. The highest BCUT2D eigenvalue weighted by molar-refractivity contribution is 6.11. The number of hydrogen-bond acceptors (Lipinski definition) is 5. The summed E-state index contributed by atoms with van der Waals surface area (Å²) in [6, 6.07) is 9.35. The molecule has 1 heterocycles. The fraction of sp³-hybridized carbons (Fsp3) is 0.522. The van der Waals surface area contributed by atoms with Crippen molar-refractivity contribution in [1.82, 2.24) is 0 Å². The lowest BCUT2D eigenvalue weighted by Gasteiger charge is -2.26. The minimum Gasteiger partial charge on any atom is -0.428 e. The first kappa shape index (κ1) is 18.9. The zero-order valence-corrected chi connectivity index (χ0v) is 16.2. The van der Waals surface area contributed by atoms with Crippen molar-refractivity contribution in [1.29, 1.82) is 0 Å². The second-order valence-electron chi connectivity index (χ2n) is 7.98. The molecule has 1 aliphatic heterocycles. The Morgan fingerprint density at radius 1 is 0.893 bits per heavy atom. The second-order valence-corrected chi connectivity index (χ2v) is 7.98. The minimum atomic E-state index is -0.518. The van der Waals surface area contributed by atoms with Gasteiger partial charge < -0.3 is 9.47 Å². The number of rotatable bonds is 4. The van der Waals surface area contributed by atoms with Crippen molar-refractivity contribution in [3.05, 3.63) is 47.4 Å². The van der Waals surface area contributed by atoms with Gasteiger partial charge in [-0.3, -0.25) is 4.79 Å². The lowest BCUT2D eigenvalue weighted by atomic mass is 9.86. The molecule has 148 valence electrons. The molecule has 2 saturated carbocycles. The topological polar surface area (TPSA) is 65.0 Å². The van der Waals surface area contributed by atoms with Gasteiger partial charge in [-0.25, -0.2) is 9.79 Å². The van der Waals surface area contributed by atoms with Gasteiger partial charge in [0.15, 0.2) is 5.70 Å². The molecule has 0 amide bonds. The molecule has 0 unspecified atom stereocenters. The quantitative estimate of drug-likeness (QED) is 0.422. The molecule has 28 heavy (non-hydrogen) atoms. The highest BCUT2D eigenvalue weighted by Crippen LogP contribution is 2.36. The van der Waals surface area contributed by atoms with E-state index >= 15 is 0 Å². The summed E-state index contributed by atoms with van der Waals surface area (Å²) in [7, 11) is 0. The summed E-state index contributed by atoms with van der Waals surface area (Å²) in [5.74, 6) is -0.0146. The Hall–Kier alpha value is -2.43. The first-order chi connectivity index (χ1) is 13.7. The van der Waals surface area contributed by atoms with E-state index in [9.17, 15) is 9.59 Å². The molecule has 0 N–H and O–H groups in total. The van der Waals surface area contributed by atoms with Crippen molar-refractivity contribution in [2.75, 3.05) is 0 Å². The van der Waals surface area contributed by atoms with Crippen LogP contribution in [0, 0.1) is 11.8 Å². The first-order valence-electron chi connectivity index (χ1n) is 10.5. The van der Waals surface area contributed by atoms with Crippen LogP contribution in [0.5, 0.6) is 0 Å². The van der Waals surface area contributed by atoms with E-state index in [2.05, 4.69) is 4.99 Å². The van der Waals surface area contributed by atoms with Gasteiger partial charge in [-0.1, -0.05) is 56.7 Å². The molecule has 2 aliphatic carbocycles. The number of carbonyl (C=O) groups excluding carboxylic acids is 2. The number of esters is 2. The maximum atomic E-state index is 12.8. The van der Waals surface area contributed by atoms with E-state index in [1.54, 1.807) is 0 Å². The Kier molecular flexibility index (Phi) is 5.89. The summed E-state index contributed by atoms with van der Waals surface area (Å²) in [5.41, 5.74) is 0.919. The molecule has 0 atom stereocenters. The molecule has 4 rings (SSSR count). The normalized spacial score (nSPS) is 23.1. The largest absolute Gasteiger partial charge is 0.428 e. The van der Waals surface area contributed by atoms with Gasteiger partial charge in [0.1, 0.15) is 5.76 Å². The van der Waals surface area contributed by atoms with Crippen LogP contribution in [0.3, 0.4) is 0 Å². The average molecular weight is 381 g/mol. The van der Waals surface area contributed by atoms with E-state index in [1.807, 2.05) is 30.3 Å². The number of allylic oxidation sites excluding steroid dienone is 1. The van der Waals surface area contributed by atoms with Gasteiger partial charge in [0, 0.05) is 11.5 Å². The Morgan fingerprint density at radius 2 is 1.50 bits per heavy atom. The molecule has 0 radical (unpaired) electrons. The van der Waals surface area contributed by atoms with Gasteiger partial charge in [0.25, 0.3) is 0 Å². The third kappa shape index (κ3) is 4.18. The minimum absolute atomic E-state index is 0.0581. The van der Waals surface area contributed by atoms with Crippen molar-refractivity contribution in [2.24, 2.45) is 16.8 Å². The van der Waals surface area contributed by atoms with Crippen molar-refractivity contribution in [3.63, 3.8) is 0 Å².